The molecule has 1 aromatic carbocycles. The second kappa shape index (κ2) is 7.81. The molecular formula is C17H20FN3O3S2. The quantitative estimate of drug-likeness (QED) is 0.812. The van der Waals surface area contributed by atoms with Crippen molar-refractivity contribution in [1.29, 1.82) is 0 Å². The van der Waals surface area contributed by atoms with Crippen LogP contribution in [0.25, 0.3) is 10.6 Å². The molecule has 2 heterocycles. The lowest BCUT2D eigenvalue weighted by atomic mass is 10.2. The number of nitrogens with zero attached hydrogens (tertiary/aromatic N) is 2. The Bertz CT molecular complexity index is 906. The Labute approximate surface area is 156 Å². The molecule has 0 atom stereocenters. The molecule has 0 bridgehead atoms. The van der Waals surface area contributed by atoms with Crippen LogP contribution >= 0.6 is 11.3 Å². The van der Waals surface area contributed by atoms with Gasteiger partial charge in [-0.1, -0.05) is 12.1 Å². The molecule has 3 rings (SSSR count). The predicted molar refractivity (Wildman–Crippen MR) is 99.2 cm³/mol. The Balaban J connectivity index is 1.64. The lowest BCUT2D eigenvalue weighted by molar-refractivity contribution is 0.0959. The van der Waals surface area contributed by atoms with E-state index in [0.717, 1.165) is 24.2 Å². The number of hydrogen-bond acceptors (Lipinski definition) is 5. The molecule has 1 N–H and O–H groups in total. The van der Waals surface area contributed by atoms with Gasteiger partial charge in [-0.05, 0) is 31.9 Å². The third-order valence-electron chi connectivity index (χ3n) is 4.21. The topological polar surface area (TPSA) is 79.4 Å². The fourth-order valence-electron chi connectivity index (χ4n) is 2.83. The molecule has 140 valence electrons. The molecular weight excluding hydrogens is 377 g/mol. The maximum absolute atomic E-state index is 13.9. The summed E-state index contributed by atoms with van der Waals surface area (Å²) in [5, 5.41) is 3.06. The van der Waals surface area contributed by atoms with Crippen LogP contribution in [-0.4, -0.2) is 49.0 Å². The molecule has 26 heavy (non-hydrogen) atoms. The molecule has 1 fully saturated rings. The van der Waals surface area contributed by atoms with Gasteiger partial charge in [0.05, 0.1) is 11.4 Å². The number of aromatic nitrogens is 1. The Morgan fingerprint density at radius 2 is 2.00 bits per heavy atom. The average molecular weight is 397 g/mol. The van der Waals surface area contributed by atoms with Gasteiger partial charge in [0, 0.05) is 25.2 Å². The molecule has 1 saturated heterocycles. The summed E-state index contributed by atoms with van der Waals surface area (Å²) in [5.41, 5.74) is 0.837. The van der Waals surface area contributed by atoms with Crippen LogP contribution in [0, 0.1) is 12.7 Å². The number of benzene rings is 1. The van der Waals surface area contributed by atoms with Crippen molar-refractivity contribution in [3.63, 3.8) is 0 Å². The van der Waals surface area contributed by atoms with Gasteiger partial charge in [0.25, 0.3) is 5.91 Å². The standard InChI is InChI=1S/C17H20FN3O3S2/c1-12-15(25-17(20-12)13-6-2-3-7-14(13)18)16(22)19-8-11-26(23,24)21-9-4-5-10-21/h2-3,6-7H,4-5,8-11H2,1H3,(H,19,22). The van der Waals surface area contributed by atoms with Crippen LogP contribution in [0.1, 0.15) is 28.2 Å². The van der Waals surface area contributed by atoms with Gasteiger partial charge in [0.15, 0.2) is 0 Å². The normalized spacial score (nSPS) is 15.3. The zero-order valence-corrected chi connectivity index (χ0v) is 16.0. The molecule has 1 amide bonds. The molecule has 6 nitrogen and oxygen atoms in total. The van der Waals surface area contributed by atoms with Crippen molar-refractivity contribution in [3.8, 4) is 10.6 Å². The van der Waals surface area contributed by atoms with Gasteiger partial charge >= 0.3 is 0 Å². The fourth-order valence-corrected chi connectivity index (χ4v) is 5.27. The molecule has 0 aliphatic carbocycles. The van der Waals surface area contributed by atoms with Gasteiger partial charge in [0.2, 0.25) is 10.0 Å². The van der Waals surface area contributed by atoms with Crippen molar-refractivity contribution >= 4 is 27.3 Å². The first-order chi connectivity index (χ1) is 12.4. The first-order valence-corrected chi connectivity index (χ1v) is 10.8. The van der Waals surface area contributed by atoms with Crippen molar-refractivity contribution in [2.45, 2.75) is 19.8 Å². The summed E-state index contributed by atoms with van der Waals surface area (Å²) < 4.78 is 39.7. The Kier molecular flexibility index (Phi) is 5.69. The number of carbonyl (C=O) groups excluding carboxylic acids is 1. The maximum Gasteiger partial charge on any atom is 0.263 e. The van der Waals surface area contributed by atoms with Crippen molar-refractivity contribution in [3.05, 3.63) is 40.7 Å². The molecule has 0 spiro atoms. The Hall–Kier alpha value is -1.84. The van der Waals surface area contributed by atoms with Crippen LogP contribution in [0.4, 0.5) is 4.39 Å². The van der Waals surface area contributed by atoms with Crippen LogP contribution in [-0.2, 0) is 10.0 Å². The summed E-state index contributed by atoms with van der Waals surface area (Å²) >= 11 is 1.10. The van der Waals surface area contributed by atoms with E-state index in [1.807, 2.05) is 0 Å². The van der Waals surface area contributed by atoms with E-state index in [1.54, 1.807) is 25.1 Å². The number of aryl methyl sites for hydroxylation is 1. The van der Waals surface area contributed by atoms with Gasteiger partial charge in [-0.3, -0.25) is 4.79 Å². The first kappa shape index (κ1) is 18.9. The second-order valence-corrected chi connectivity index (χ2v) is 9.18. The maximum atomic E-state index is 13.9. The van der Waals surface area contributed by atoms with Crippen LogP contribution in [0.15, 0.2) is 24.3 Å². The summed E-state index contributed by atoms with van der Waals surface area (Å²) in [7, 11) is -3.33. The number of carbonyl (C=O) groups is 1. The van der Waals surface area contributed by atoms with E-state index in [-0.39, 0.29) is 18.2 Å². The number of thiazole rings is 1. The van der Waals surface area contributed by atoms with Gasteiger partial charge in [-0.25, -0.2) is 22.1 Å². The number of halogens is 1. The average Bonchev–Trinajstić information content (AvgIpc) is 3.25. The number of hydrogen-bond donors (Lipinski definition) is 1. The predicted octanol–water partition coefficient (Wildman–Crippen LogP) is 2.41. The summed E-state index contributed by atoms with van der Waals surface area (Å²) in [6.07, 6.45) is 1.76. The highest BCUT2D eigenvalue weighted by Crippen LogP contribution is 2.29. The first-order valence-electron chi connectivity index (χ1n) is 8.37. The minimum Gasteiger partial charge on any atom is -0.350 e. The van der Waals surface area contributed by atoms with Crippen molar-refractivity contribution < 1.29 is 17.6 Å². The molecule has 2 aromatic rings. The van der Waals surface area contributed by atoms with Crippen LogP contribution < -0.4 is 5.32 Å². The van der Waals surface area contributed by atoms with E-state index >= 15 is 0 Å². The minimum absolute atomic E-state index is 0.0318. The third kappa shape index (κ3) is 4.11. The number of nitrogens with one attached hydrogen (secondary N) is 1. The second-order valence-electron chi connectivity index (χ2n) is 6.09. The molecule has 0 radical (unpaired) electrons. The van der Waals surface area contributed by atoms with Crippen LogP contribution in [0.3, 0.4) is 0 Å². The molecule has 0 saturated carbocycles. The van der Waals surface area contributed by atoms with Crippen molar-refractivity contribution in [2.24, 2.45) is 0 Å². The lowest BCUT2D eigenvalue weighted by Gasteiger charge is -2.15. The summed E-state index contributed by atoms with van der Waals surface area (Å²) in [5.74, 6) is -0.916. The lowest BCUT2D eigenvalue weighted by Crippen LogP contribution is -2.36. The summed E-state index contributed by atoms with van der Waals surface area (Å²) in [4.78, 5) is 17.0. The zero-order chi connectivity index (χ0) is 18.7. The summed E-state index contributed by atoms with van der Waals surface area (Å²) in [6.45, 7) is 2.81. The van der Waals surface area contributed by atoms with Gasteiger partial charge in [0.1, 0.15) is 15.7 Å². The highest BCUT2D eigenvalue weighted by molar-refractivity contribution is 7.89. The van der Waals surface area contributed by atoms with Gasteiger partial charge in [-0.15, -0.1) is 11.3 Å². The number of rotatable bonds is 6. The minimum atomic E-state index is -3.33. The summed E-state index contributed by atoms with van der Waals surface area (Å²) in [6, 6.07) is 6.25. The fraction of sp³-hybridized carbons (Fsp3) is 0.412. The van der Waals surface area contributed by atoms with Gasteiger partial charge in [-0.2, -0.15) is 0 Å². The third-order valence-corrected chi connectivity index (χ3v) is 7.27. The highest BCUT2D eigenvalue weighted by atomic mass is 32.2. The number of sulfonamides is 1. The van der Waals surface area contributed by atoms with E-state index in [4.69, 9.17) is 0 Å². The Morgan fingerprint density at radius 1 is 1.31 bits per heavy atom. The van der Waals surface area contributed by atoms with Crippen LogP contribution in [0.5, 0.6) is 0 Å². The monoisotopic (exact) mass is 397 g/mol. The van der Waals surface area contributed by atoms with E-state index in [1.165, 1.54) is 10.4 Å². The van der Waals surface area contributed by atoms with Crippen molar-refractivity contribution in [1.82, 2.24) is 14.6 Å². The van der Waals surface area contributed by atoms with E-state index < -0.39 is 15.8 Å². The van der Waals surface area contributed by atoms with Crippen molar-refractivity contribution in [2.75, 3.05) is 25.4 Å². The van der Waals surface area contributed by atoms with E-state index in [9.17, 15) is 17.6 Å². The SMILES string of the molecule is Cc1nc(-c2ccccc2F)sc1C(=O)NCCS(=O)(=O)N1CCCC1. The molecule has 1 aliphatic rings. The molecule has 0 unspecified atom stereocenters. The van der Waals surface area contributed by atoms with E-state index in [2.05, 4.69) is 10.3 Å². The smallest absolute Gasteiger partial charge is 0.263 e. The molecule has 9 heteroatoms. The zero-order valence-electron chi connectivity index (χ0n) is 14.4. The highest BCUT2D eigenvalue weighted by Gasteiger charge is 2.25. The molecule has 1 aliphatic heterocycles. The molecule has 1 aromatic heterocycles. The Morgan fingerprint density at radius 3 is 2.69 bits per heavy atom. The largest absolute Gasteiger partial charge is 0.350 e. The van der Waals surface area contributed by atoms with Gasteiger partial charge < -0.3 is 5.32 Å². The van der Waals surface area contributed by atoms with Crippen LogP contribution in [0.2, 0.25) is 0 Å². The van der Waals surface area contributed by atoms with E-state index in [0.29, 0.717) is 34.2 Å². The number of amides is 1.